The number of amides is 2. The number of para-hydroxylation sites is 2. The monoisotopic (exact) mass is 365 g/mol. The van der Waals surface area contributed by atoms with E-state index < -0.39 is 5.91 Å². The highest BCUT2D eigenvalue weighted by Gasteiger charge is 2.11. The summed E-state index contributed by atoms with van der Waals surface area (Å²) in [5.41, 5.74) is 6.90. The highest BCUT2D eigenvalue weighted by atomic mass is 16.5. The summed E-state index contributed by atoms with van der Waals surface area (Å²) in [6.45, 7) is 0.461. The van der Waals surface area contributed by atoms with Crippen molar-refractivity contribution < 1.29 is 14.3 Å². The Kier molecular flexibility index (Phi) is 5.78. The number of carbonyl (C=O) groups excluding carboxylic acids is 2. The van der Waals surface area contributed by atoms with Crippen LogP contribution in [-0.4, -0.2) is 33.6 Å². The molecule has 1 aliphatic rings. The van der Waals surface area contributed by atoms with Crippen LogP contribution in [0.5, 0.6) is 5.75 Å². The molecule has 0 saturated carbocycles. The first kappa shape index (κ1) is 18.1. The fourth-order valence-corrected chi connectivity index (χ4v) is 2.44. The summed E-state index contributed by atoms with van der Waals surface area (Å²) >= 11 is 0. The largest absolute Gasteiger partial charge is 0.491 e. The van der Waals surface area contributed by atoms with Crippen molar-refractivity contribution in [1.29, 1.82) is 0 Å². The number of fused-ring (bicyclic) bond motifs is 1. The molecule has 0 spiro atoms. The van der Waals surface area contributed by atoms with E-state index in [-0.39, 0.29) is 11.7 Å². The van der Waals surface area contributed by atoms with Gasteiger partial charge in [0.15, 0.2) is 0 Å². The van der Waals surface area contributed by atoms with Crippen LogP contribution in [0.2, 0.25) is 0 Å². The second kappa shape index (κ2) is 8.61. The van der Waals surface area contributed by atoms with E-state index in [2.05, 4.69) is 20.5 Å². The molecule has 8 nitrogen and oxygen atoms in total. The highest BCUT2D eigenvalue weighted by Crippen LogP contribution is 2.25. The summed E-state index contributed by atoms with van der Waals surface area (Å²) in [4.78, 5) is 25.8. The van der Waals surface area contributed by atoms with Gasteiger partial charge in [0.25, 0.3) is 5.91 Å². The average Bonchev–Trinajstić information content (AvgIpc) is 3.05. The molecule has 0 unspecified atom stereocenters. The Labute approximate surface area is 155 Å². The lowest BCUT2D eigenvalue weighted by Gasteiger charge is -2.04. The van der Waals surface area contributed by atoms with E-state index in [9.17, 15) is 9.59 Å². The van der Waals surface area contributed by atoms with Gasteiger partial charge in [0.05, 0.1) is 18.7 Å². The minimum atomic E-state index is -0.620. The topological polar surface area (TPSA) is 123 Å². The van der Waals surface area contributed by atoms with Gasteiger partial charge in [0.1, 0.15) is 11.6 Å². The first-order chi connectivity index (χ1) is 13.1. The second-order valence-electron chi connectivity index (χ2n) is 5.78. The Hall–Kier alpha value is -3.68. The van der Waals surface area contributed by atoms with E-state index in [1.54, 1.807) is 0 Å². The zero-order valence-electron chi connectivity index (χ0n) is 14.5. The van der Waals surface area contributed by atoms with Crippen molar-refractivity contribution in [3.63, 3.8) is 0 Å². The zero-order chi connectivity index (χ0) is 19.1. The summed E-state index contributed by atoms with van der Waals surface area (Å²) in [6.07, 6.45) is 1.04. The van der Waals surface area contributed by atoms with Crippen LogP contribution in [0.1, 0.15) is 28.4 Å². The molecule has 3 aromatic rings. The van der Waals surface area contributed by atoms with E-state index in [0.717, 1.165) is 17.0 Å². The molecule has 1 aromatic heterocycles. The second-order valence-corrected chi connectivity index (χ2v) is 5.78. The molecular formula is C19H19N5O3. The van der Waals surface area contributed by atoms with Gasteiger partial charge in [-0.2, -0.15) is 0 Å². The number of nitrogens with one attached hydrogen (secondary N) is 2. The number of nitrogens with two attached hydrogens (primary N) is 1. The van der Waals surface area contributed by atoms with Crippen molar-refractivity contribution >= 4 is 17.5 Å². The third-order valence-corrected chi connectivity index (χ3v) is 3.71. The van der Waals surface area contributed by atoms with Crippen molar-refractivity contribution in [2.75, 3.05) is 11.9 Å². The molecule has 1 aliphatic heterocycles. The summed E-state index contributed by atoms with van der Waals surface area (Å²) in [7, 11) is 0. The highest BCUT2D eigenvalue weighted by molar-refractivity contribution is 5.93. The van der Waals surface area contributed by atoms with Crippen LogP contribution in [0.3, 0.4) is 0 Å². The van der Waals surface area contributed by atoms with Crippen LogP contribution in [0.15, 0.2) is 54.6 Å². The summed E-state index contributed by atoms with van der Waals surface area (Å²) in [6, 6.07) is 17.2. The number of hydrogen-bond acceptors (Lipinski definition) is 5. The third-order valence-electron chi connectivity index (χ3n) is 3.71. The first-order valence-electron chi connectivity index (χ1n) is 8.38. The maximum atomic E-state index is 11.1. The van der Waals surface area contributed by atoms with E-state index in [4.69, 9.17) is 10.5 Å². The summed E-state index contributed by atoms with van der Waals surface area (Å²) in [5, 5.41) is 9.13. The van der Waals surface area contributed by atoms with Crippen LogP contribution in [0.4, 0.5) is 5.69 Å². The Bertz CT molecular complexity index is 924. The molecule has 0 aliphatic carbocycles. The molecule has 0 radical (unpaired) electrons. The Morgan fingerprint density at radius 2 is 1.85 bits per heavy atom. The number of nitrogens with zero attached hydrogens (tertiary/aromatic N) is 2. The lowest BCUT2D eigenvalue weighted by Crippen LogP contribution is -2.12. The number of primary amides is 1. The van der Waals surface area contributed by atoms with Crippen LogP contribution in [0.25, 0.3) is 0 Å². The van der Waals surface area contributed by atoms with Crippen molar-refractivity contribution in [2.45, 2.75) is 12.8 Å². The number of H-pyrrole nitrogens is 1. The first-order valence-corrected chi connectivity index (χ1v) is 8.38. The number of hydrogen-bond donors (Lipinski definition) is 3. The van der Waals surface area contributed by atoms with E-state index in [1.165, 1.54) is 0 Å². The Balaban J connectivity index is 0.000000159. The van der Waals surface area contributed by atoms with Crippen molar-refractivity contribution in [2.24, 2.45) is 5.73 Å². The van der Waals surface area contributed by atoms with Crippen LogP contribution < -0.4 is 15.8 Å². The molecule has 2 heterocycles. The lowest BCUT2D eigenvalue weighted by atomic mass is 10.1. The number of carbonyl (C=O) groups is 2. The van der Waals surface area contributed by atoms with Gasteiger partial charge >= 0.3 is 0 Å². The number of anilines is 1. The van der Waals surface area contributed by atoms with Gasteiger partial charge in [-0.3, -0.25) is 14.7 Å². The van der Waals surface area contributed by atoms with Gasteiger partial charge in [-0.1, -0.05) is 42.5 Å². The molecule has 0 bridgehead atoms. The van der Waals surface area contributed by atoms with E-state index in [1.807, 2.05) is 54.6 Å². The molecule has 4 N–H and O–H groups in total. The normalized spacial score (nSPS) is 12.5. The summed E-state index contributed by atoms with van der Waals surface area (Å²) in [5.74, 6) is 0.810. The minimum absolute atomic E-state index is 0.0138. The van der Waals surface area contributed by atoms with Gasteiger partial charge in [0.2, 0.25) is 11.7 Å². The van der Waals surface area contributed by atoms with Crippen LogP contribution >= 0.6 is 0 Å². The molecule has 0 fully saturated rings. The predicted octanol–water partition coefficient (Wildman–Crippen LogP) is 1.90. The van der Waals surface area contributed by atoms with E-state index >= 15 is 0 Å². The maximum Gasteiger partial charge on any atom is 0.288 e. The third kappa shape index (κ3) is 5.15. The SMILES string of the molecule is NC(=O)c1n[nH]c(Cc2ccccc2)n1.O=C1CCOc2ccccc2N1. The zero-order valence-corrected chi connectivity index (χ0v) is 14.5. The number of benzene rings is 2. The maximum absolute atomic E-state index is 11.1. The molecule has 2 aromatic carbocycles. The number of ether oxygens (including phenoxy) is 1. The fourth-order valence-electron chi connectivity index (χ4n) is 2.44. The van der Waals surface area contributed by atoms with Crippen LogP contribution in [-0.2, 0) is 11.2 Å². The van der Waals surface area contributed by atoms with Gasteiger partial charge in [-0.15, -0.1) is 5.10 Å². The van der Waals surface area contributed by atoms with Crippen molar-refractivity contribution in [3.8, 4) is 5.75 Å². The minimum Gasteiger partial charge on any atom is -0.491 e. The van der Waals surface area contributed by atoms with Crippen LogP contribution in [0, 0.1) is 0 Å². The molecule has 138 valence electrons. The molecule has 27 heavy (non-hydrogen) atoms. The van der Waals surface area contributed by atoms with Gasteiger partial charge in [-0.05, 0) is 17.7 Å². The average molecular weight is 365 g/mol. The Morgan fingerprint density at radius 1 is 1.11 bits per heavy atom. The molecule has 0 atom stereocenters. The number of aromatic nitrogens is 3. The standard InChI is InChI=1S/C10H10N4O.C9H9NO2/c11-9(15)10-12-8(13-14-10)6-7-4-2-1-3-5-7;11-9-5-6-12-8-4-2-1-3-7(8)10-9/h1-5H,6H2,(H2,11,15)(H,12,13,14);1-4H,5-6H2,(H,10,11). The smallest absolute Gasteiger partial charge is 0.288 e. The quantitative estimate of drug-likeness (QED) is 0.654. The van der Waals surface area contributed by atoms with Gasteiger partial charge in [-0.25, -0.2) is 4.98 Å². The molecule has 8 heteroatoms. The molecular weight excluding hydrogens is 346 g/mol. The van der Waals surface area contributed by atoms with Crippen molar-refractivity contribution in [1.82, 2.24) is 15.2 Å². The lowest BCUT2D eigenvalue weighted by molar-refractivity contribution is -0.116. The summed E-state index contributed by atoms with van der Waals surface area (Å²) < 4.78 is 5.34. The molecule has 4 rings (SSSR count). The van der Waals surface area contributed by atoms with Gasteiger partial charge in [0, 0.05) is 6.42 Å². The fraction of sp³-hybridized carbons (Fsp3) is 0.158. The van der Waals surface area contributed by atoms with E-state index in [0.29, 0.717) is 25.3 Å². The number of rotatable bonds is 3. The van der Waals surface area contributed by atoms with Gasteiger partial charge < -0.3 is 15.8 Å². The van der Waals surface area contributed by atoms with Crippen molar-refractivity contribution in [3.05, 3.63) is 71.8 Å². The Morgan fingerprint density at radius 3 is 2.59 bits per heavy atom. The molecule has 0 saturated heterocycles. The molecule has 2 amide bonds. The number of aromatic amines is 1. The predicted molar refractivity (Wildman–Crippen MR) is 99.3 cm³/mol.